The standard InChI is InChI=1S/C41H51BN2O/c1-38(2,3)26-22-28(40(7,8)9)36-32(24-26)43(13)33-25-27(39(4,5)6)23-29(41(10,11)12)37(33)44(36)42-30-18-14-16-20-34(30)45-35-21-17-15-19-31(35)42/h14-25H,1-13H3. The molecular weight excluding hydrogens is 547 g/mol. The van der Waals surface area contributed by atoms with E-state index in [2.05, 4.69) is 173 Å². The third-order valence-corrected chi connectivity index (χ3v) is 9.64. The molecule has 6 rings (SSSR count). The summed E-state index contributed by atoms with van der Waals surface area (Å²) in [5, 5.41) is 0. The molecular formula is C41H51BN2O. The molecule has 3 nitrogen and oxygen atoms in total. The first-order valence-electron chi connectivity index (χ1n) is 16.5. The van der Waals surface area contributed by atoms with Crippen LogP contribution in [0.5, 0.6) is 11.5 Å². The molecule has 0 atom stereocenters. The lowest BCUT2D eigenvalue weighted by molar-refractivity contribution is 0.487. The SMILES string of the molecule is CN1c2cc(C(C)(C)C)cc(C(C)(C)C)c2N(B2c3ccccc3Oc3ccccc32)c2c1cc(C(C)(C)C)cc2C(C)(C)C. The summed E-state index contributed by atoms with van der Waals surface area (Å²) in [6, 6.07) is 27.1. The van der Waals surface area contributed by atoms with E-state index in [1.807, 2.05) is 0 Å². The first-order chi connectivity index (χ1) is 20.8. The fraction of sp³-hybridized carbons (Fsp3) is 0.415. The highest BCUT2D eigenvalue weighted by molar-refractivity contribution is 6.91. The fourth-order valence-electron chi connectivity index (χ4n) is 6.93. The number of ether oxygens (including phenoxy) is 1. The zero-order valence-electron chi connectivity index (χ0n) is 29.8. The molecule has 4 heteroatoms. The Balaban J connectivity index is 1.83. The van der Waals surface area contributed by atoms with Crippen LogP contribution in [0.15, 0.2) is 72.8 Å². The van der Waals surface area contributed by atoms with Crippen molar-refractivity contribution in [3.63, 3.8) is 0 Å². The number of para-hydroxylation sites is 2. The minimum atomic E-state index is -0.0978. The van der Waals surface area contributed by atoms with Crippen LogP contribution in [0.3, 0.4) is 0 Å². The van der Waals surface area contributed by atoms with Crippen molar-refractivity contribution in [2.45, 2.75) is 105 Å². The highest BCUT2D eigenvalue weighted by atomic mass is 16.5. The predicted molar refractivity (Wildman–Crippen MR) is 196 cm³/mol. The van der Waals surface area contributed by atoms with Crippen LogP contribution < -0.4 is 25.4 Å². The summed E-state index contributed by atoms with van der Waals surface area (Å²) in [7, 11) is 2.28. The Hall–Kier alpha value is -3.66. The normalized spacial score (nSPS) is 14.8. The molecule has 2 heterocycles. The minimum absolute atomic E-state index is 0.00266. The maximum Gasteiger partial charge on any atom is 0.335 e. The number of benzene rings is 4. The van der Waals surface area contributed by atoms with E-state index in [1.165, 1.54) is 55.9 Å². The summed E-state index contributed by atoms with van der Waals surface area (Å²) < 4.78 is 6.58. The van der Waals surface area contributed by atoms with Gasteiger partial charge in [0.25, 0.3) is 0 Å². The molecule has 0 amide bonds. The highest BCUT2D eigenvalue weighted by Gasteiger charge is 2.45. The molecule has 0 saturated heterocycles. The van der Waals surface area contributed by atoms with E-state index in [0.29, 0.717) is 0 Å². The summed E-state index contributed by atoms with van der Waals surface area (Å²) in [5.74, 6) is 1.85. The van der Waals surface area contributed by atoms with Crippen LogP contribution in [0.2, 0.25) is 0 Å². The van der Waals surface area contributed by atoms with Crippen molar-refractivity contribution in [2.24, 2.45) is 0 Å². The van der Waals surface area contributed by atoms with Crippen molar-refractivity contribution < 1.29 is 4.74 Å². The zero-order chi connectivity index (χ0) is 32.9. The van der Waals surface area contributed by atoms with Crippen molar-refractivity contribution in [1.29, 1.82) is 0 Å². The van der Waals surface area contributed by atoms with E-state index in [-0.39, 0.29) is 28.5 Å². The molecule has 0 saturated carbocycles. The fourth-order valence-corrected chi connectivity index (χ4v) is 6.93. The molecule has 0 radical (unpaired) electrons. The largest absolute Gasteiger partial charge is 0.458 e. The molecule has 234 valence electrons. The second kappa shape index (κ2) is 10.2. The number of anilines is 4. The van der Waals surface area contributed by atoms with Crippen molar-refractivity contribution in [3.05, 3.63) is 95.1 Å². The minimum Gasteiger partial charge on any atom is -0.458 e. The molecule has 4 aromatic rings. The van der Waals surface area contributed by atoms with Crippen molar-refractivity contribution in [3.8, 4) is 11.5 Å². The molecule has 0 unspecified atom stereocenters. The van der Waals surface area contributed by atoms with E-state index >= 15 is 0 Å². The molecule has 0 aliphatic carbocycles. The van der Waals surface area contributed by atoms with E-state index in [0.717, 1.165) is 11.5 Å². The molecule has 0 fully saturated rings. The molecule has 0 bridgehead atoms. The van der Waals surface area contributed by atoms with Crippen molar-refractivity contribution in [2.75, 3.05) is 16.8 Å². The number of nitrogens with zero attached hydrogens (tertiary/aromatic N) is 2. The lowest BCUT2D eigenvalue weighted by atomic mass is 9.46. The van der Waals surface area contributed by atoms with Crippen LogP contribution in [0.4, 0.5) is 22.7 Å². The third-order valence-electron chi connectivity index (χ3n) is 9.64. The van der Waals surface area contributed by atoms with Crippen LogP contribution in [-0.4, -0.2) is 13.9 Å². The van der Waals surface area contributed by atoms with Gasteiger partial charge in [-0.2, -0.15) is 0 Å². The van der Waals surface area contributed by atoms with Gasteiger partial charge in [-0.1, -0.05) is 132 Å². The number of hydrogen-bond donors (Lipinski definition) is 0. The number of hydrogen-bond acceptors (Lipinski definition) is 3. The smallest absolute Gasteiger partial charge is 0.335 e. The maximum absolute atomic E-state index is 6.58. The molecule has 0 aromatic heterocycles. The number of fused-ring (bicyclic) bond motifs is 4. The second-order valence-electron chi connectivity index (χ2n) is 17.3. The van der Waals surface area contributed by atoms with Gasteiger partial charge < -0.3 is 14.4 Å². The highest BCUT2D eigenvalue weighted by Crippen LogP contribution is 2.56. The van der Waals surface area contributed by atoms with Crippen molar-refractivity contribution >= 4 is 40.5 Å². The Bertz CT molecular complexity index is 1660. The van der Waals surface area contributed by atoms with Gasteiger partial charge >= 0.3 is 6.85 Å². The first kappa shape index (κ1) is 31.3. The zero-order valence-corrected chi connectivity index (χ0v) is 29.8. The Kier molecular flexibility index (Phi) is 7.08. The Morgan fingerprint density at radius 2 is 0.889 bits per heavy atom. The summed E-state index contributed by atoms with van der Waals surface area (Å²) in [6.45, 7) is 28.1. The number of rotatable bonds is 1. The summed E-state index contributed by atoms with van der Waals surface area (Å²) in [4.78, 5) is 5.18. The van der Waals surface area contributed by atoms with E-state index in [4.69, 9.17) is 4.74 Å². The van der Waals surface area contributed by atoms with Gasteiger partial charge in [0, 0.05) is 7.05 Å². The Labute approximate surface area is 272 Å². The topological polar surface area (TPSA) is 15.7 Å². The molecule has 45 heavy (non-hydrogen) atoms. The molecule has 2 aliphatic heterocycles. The molecule has 0 N–H and O–H groups in total. The Morgan fingerprint density at radius 1 is 0.511 bits per heavy atom. The van der Waals surface area contributed by atoms with E-state index in [1.54, 1.807) is 0 Å². The summed E-state index contributed by atoms with van der Waals surface area (Å²) in [5.41, 5.74) is 12.7. The van der Waals surface area contributed by atoms with Gasteiger partial charge in [0.05, 0.1) is 22.7 Å². The van der Waals surface area contributed by atoms with Crippen LogP contribution in [0.25, 0.3) is 0 Å². The van der Waals surface area contributed by atoms with Crippen LogP contribution >= 0.6 is 0 Å². The van der Waals surface area contributed by atoms with Gasteiger partial charge in [0.15, 0.2) is 0 Å². The average Bonchev–Trinajstić information content (AvgIpc) is 2.93. The molecule has 4 aromatic carbocycles. The van der Waals surface area contributed by atoms with E-state index in [9.17, 15) is 0 Å². The van der Waals surface area contributed by atoms with Gasteiger partial charge in [-0.3, -0.25) is 0 Å². The Morgan fingerprint density at radius 3 is 1.24 bits per heavy atom. The lowest BCUT2D eigenvalue weighted by Crippen LogP contribution is -2.59. The summed E-state index contributed by atoms with van der Waals surface area (Å²) >= 11 is 0. The molecule has 0 spiro atoms. The predicted octanol–water partition coefficient (Wildman–Crippen LogP) is 10.0. The van der Waals surface area contributed by atoms with Gasteiger partial charge in [-0.25, -0.2) is 0 Å². The van der Waals surface area contributed by atoms with E-state index < -0.39 is 0 Å². The molecule has 2 aliphatic rings. The van der Waals surface area contributed by atoms with Gasteiger partial charge in [0.1, 0.15) is 11.5 Å². The van der Waals surface area contributed by atoms with Crippen LogP contribution in [0.1, 0.15) is 105 Å². The maximum atomic E-state index is 6.58. The van der Waals surface area contributed by atoms with Gasteiger partial charge in [0.2, 0.25) is 0 Å². The summed E-state index contributed by atoms with van der Waals surface area (Å²) in [6.07, 6.45) is 0. The van der Waals surface area contributed by atoms with Crippen molar-refractivity contribution in [1.82, 2.24) is 0 Å². The lowest BCUT2D eigenvalue weighted by Gasteiger charge is -2.48. The average molecular weight is 599 g/mol. The monoisotopic (exact) mass is 598 g/mol. The quantitative estimate of drug-likeness (QED) is 0.203. The second-order valence-corrected chi connectivity index (χ2v) is 17.3. The third kappa shape index (κ3) is 5.25. The van der Waals surface area contributed by atoms with Crippen LogP contribution in [-0.2, 0) is 21.7 Å². The van der Waals surface area contributed by atoms with Gasteiger partial charge in [-0.05, 0) is 79.1 Å². The van der Waals surface area contributed by atoms with Gasteiger partial charge in [-0.15, -0.1) is 0 Å². The van der Waals surface area contributed by atoms with Crippen LogP contribution in [0, 0.1) is 0 Å². The first-order valence-corrected chi connectivity index (χ1v) is 16.5.